The zero-order chi connectivity index (χ0) is 19.9. The Bertz CT molecular complexity index is 616. The fourth-order valence-corrected chi connectivity index (χ4v) is 3.91. The molecule has 0 saturated heterocycles. The van der Waals surface area contributed by atoms with Crippen molar-refractivity contribution >= 4 is 17.6 Å². The van der Waals surface area contributed by atoms with Crippen molar-refractivity contribution in [3.63, 3.8) is 0 Å². The molecule has 1 aliphatic carbocycles. The van der Waals surface area contributed by atoms with Gasteiger partial charge in [-0.15, -0.1) is 0 Å². The van der Waals surface area contributed by atoms with Crippen molar-refractivity contribution in [2.45, 2.75) is 65.3 Å². The molecule has 0 aromatic carbocycles. The van der Waals surface area contributed by atoms with Gasteiger partial charge in [-0.25, -0.2) is 4.98 Å². The lowest BCUT2D eigenvalue weighted by Crippen LogP contribution is -2.60. The number of amides is 2. The molecule has 1 fully saturated rings. The fourth-order valence-electron chi connectivity index (χ4n) is 3.91. The molecule has 2 rings (SSSR count). The summed E-state index contributed by atoms with van der Waals surface area (Å²) in [6.07, 6.45) is 6.07. The molecule has 6 heteroatoms. The summed E-state index contributed by atoms with van der Waals surface area (Å²) in [4.78, 5) is 34.5. The fraction of sp³-hybridized carbons (Fsp3) is 0.667. The molecule has 2 amide bonds. The van der Waals surface area contributed by atoms with E-state index in [1.807, 2.05) is 24.8 Å². The summed E-state index contributed by atoms with van der Waals surface area (Å²) in [5.74, 6) is 0.701. The number of nitrogens with zero attached hydrogens (tertiary/aromatic N) is 3. The van der Waals surface area contributed by atoms with Crippen LogP contribution in [0.25, 0.3) is 0 Å². The smallest absolute Gasteiger partial charge is 0.253 e. The first-order chi connectivity index (χ1) is 13.0. The van der Waals surface area contributed by atoms with Gasteiger partial charge in [0.05, 0.1) is 5.56 Å². The van der Waals surface area contributed by atoms with E-state index in [2.05, 4.69) is 29.0 Å². The minimum atomic E-state index is -0.779. The van der Waals surface area contributed by atoms with Gasteiger partial charge in [0.25, 0.3) is 5.91 Å². The van der Waals surface area contributed by atoms with E-state index in [1.165, 1.54) is 0 Å². The average molecular weight is 375 g/mol. The maximum Gasteiger partial charge on any atom is 0.253 e. The van der Waals surface area contributed by atoms with Gasteiger partial charge in [0, 0.05) is 32.4 Å². The van der Waals surface area contributed by atoms with Gasteiger partial charge in [-0.3, -0.25) is 9.59 Å². The molecule has 1 heterocycles. The third-order valence-corrected chi connectivity index (χ3v) is 5.62. The molecule has 0 bridgehead atoms. The van der Waals surface area contributed by atoms with Crippen molar-refractivity contribution in [1.29, 1.82) is 0 Å². The third-order valence-electron chi connectivity index (χ3n) is 5.62. The molecule has 1 aliphatic rings. The monoisotopic (exact) mass is 374 g/mol. The molecule has 6 nitrogen and oxygen atoms in total. The molecule has 0 atom stereocenters. The number of carbonyl (C=O) groups excluding carboxylic acids is 2. The second-order valence-corrected chi connectivity index (χ2v) is 7.15. The molecule has 1 aromatic rings. The van der Waals surface area contributed by atoms with Crippen LogP contribution in [0.3, 0.4) is 0 Å². The van der Waals surface area contributed by atoms with Gasteiger partial charge < -0.3 is 15.1 Å². The van der Waals surface area contributed by atoms with Crippen LogP contribution in [0.1, 0.15) is 70.2 Å². The van der Waals surface area contributed by atoms with Gasteiger partial charge in [0.2, 0.25) is 5.91 Å². The first-order valence-corrected chi connectivity index (χ1v) is 10.3. The summed E-state index contributed by atoms with van der Waals surface area (Å²) in [5.41, 5.74) is -0.276. The predicted molar refractivity (Wildman–Crippen MR) is 109 cm³/mol. The predicted octanol–water partition coefficient (Wildman–Crippen LogP) is 3.23. The number of hydrogen-bond acceptors (Lipinski definition) is 4. The zero-order valence-electron chi connectivity index (χ0n) is 17.3. The molecular formula is C21H34N4O2. The highest BCUT2D eigenvalue weighted by molar-refractivity contribution is 5.99. The summed E-state index contributed by atoms with van der Waals surface area (Å²) >= 11 is 0. The summed E-state index contributed by atoms with van der Waals surface area (Å²) in [6, 6.07) is 3.68. The Kier molecular flexibility index (Phi) is 7.63. The molecule has 150 valence electrons. The van der Waals surface area contributed by atoms with Crippen molar-refractivity contribution in [3.05, 3.63) is 23.9 Å². The molecule has 1 saturated carbocycles. The van der Waals surface area contributed by atoms with E-state index < -0.39 is 5.54 Å². The van der Waals surface area contributed by atoms with Crippen molar-refractivity contribution < 1.29 is 9.59 Å². The Morgan fingerprint density at radius 3 is 2.11 bits per heavy atom. The van der Waals surface area contributed by atoms with Crippen LogP contribution in [0, 0.1) is 0 Å². The highest BCUT2D eigenvalue weighted by Gasteiger charge is 2.42. The van der Waals surface area contributed by atoms with Gasteiger partial charge in [0.1, 0.15) is 11.4 Å². The number of carbonyl (C=O) groups is 2. The van der Waals surface area contributed by atoms with Crippen LogP contribution >= 0.6 is 0 Å². The number of anilines is 1. The number of aromatic nitrogens is 1. The van der Waals surface area contributed by atoms with E-state index in [0.717, 1.165) is 38.2 Å². The Morgan fingerprint density at radius 2 is 1.63 bits per heavy atom. The van der Waals surface area contributed by atoms with Crippen LogP contribution < -0.4 is 10.2 Å². The van der Waals surface area contributed by atoms with Crippen LogP contribution in [0.4, 0.5) is 5.82 Å². The Morgan fingerprint density at radius 1 is 1.00 bits per heavy atom. The van der Waals surface area contributed by atoms with Gasteiger partial charge in [0.15, 0.2) is 0 Å². The minimum absolute atomic E-state index is 0.0493. The molecule has 1 N–H and O–H groups in total. The number of rotatable bonds is 8. The number of hydrogen-bond donors (Lipinski definition) is 1. The van der Waals surface area contributed by atoms with Crippen molar-refractivity contribution in [2.75, 3.05) is 31.1 Å². The highest BCUT2D eigenvalue weighted by atomic mass is 16.2. The second-order valence-electron chi connectivity index (χ2n) is 7.15. The second kappa shape index (κ2) is 9.72. The Balaban J connectivity index is 2.19. The van der Waals surface area contributed by atoms with Crippen LogP contribution in [0.2, 0.25) is 0 Å². The van der Waals surface area contributed by atoms with Crippen molar-refractivity contribution in [3.8, 4) is 0 Å². The zero-order valence-corrected chi connectivity index (χ0v) is 17.3. The van der Waals surface area contributed by atoms with E-state index in [0.29, 0.717) is 31.5 Å². The highest BCUT2D eigenvalue weighted by Crippen LogP contribution is 2.30. The minimum Gasteiger partial charge on any atom is -0.357 e. The number of pyridine rings is 1. The number of nitrogens with one attached hydrogen (secondary N) is 1. The lowest BCUT2D eigenvalue weighted by atomic mass is 9.80. The van der Waals surface area contributed by atoms with Crippen LogP contribution in [0.5, 0.6) is 0 Å². The Labute approximate surface area is 163 Å². The SMILES string of the molecule is CCN(CC)C(=O)C1(NC(=O)c2ccc(N(CC)CC)nc2)CCCCC1. The molecule has 0 aliphatic heterocycles. The summed E-state index contributed by atoms with van der Waals surface area (Å²) in [7, 11) is 0. The van der Waals surface area contributed by atoms with E-state index in [-0.39, 0.29) is 11.8 Å². The van der Waals surface area contributed by atoms with Crippen LogP contribution in [-0.2, 0) is 4.79 Å². The standard InChI is InChI=1S/C21H34N4O2/c1-5-24(6-2)18-13-12-17(16-22-18)19(26)23-21(14-10-9-11-15-21)20(27)25(7-3)8-4/h12-13,16H,5-11,14-15H2,1-4H3,(H,23,26). The molecular weight excluding hydrogens is 340 g/mol. The normalized spacial score (nSPS) is 15.9. The van der Waals surface area contributed by atoms with Gasteiger partial charge in [-0.2, -0.15) is 0 Å². The first kappa shape index (κ1) is 21.2. The van der Waals surface area contributed by atoms with Crippen LogP contribution in [0.15, 0.2) is 18.3 Å². The summed E-state index contributed by atoms with van der Waals surface area (Å²) in [5, 5.41) is 3.09. The molecule has 0 radical (unpaired) electrons. The summed E-state index contributed by atoms with van der Waals surface area (Å²) < 4.78 is 0. The van der Waals surface area contributed by atoms with E-state index in [9.17, 15) is 9.59 Å². The maximum atomic E-state index is 13.2. The van der Waals surface area contributed by atoms with E-state index >= 15 is 0 Å². The molecule has 1 aromatic heterocycles. The lowest BCUT2D eigenvalue weighted by Gasteiger charge is -2.40. The Hall–Kier alpha value is -2.11. The molecule has 27 heavy (non-hydrogen) atoms. The van der Waals surface area contributed by atoms with Gasteiger partial charge >= 0.3 is 0 Å². The lowest BCUT2D eigenvalue weighted by molar-refractivity contribution is -0.139. The third kappa shape index (κ3) is 4.79. The molecule has 0 spiro atoms. The molecule has 0 unspecified atom stereocenters. The average Bonchev–Trinajstić information content (AvgIpc) is 2.71. The number of likely N-dealkylation sites (N-methyl/N-ethyl adjacent to an activating group) is 1. The van der Waals surface area contributed by atoms with Crippen molar-refractivity contribution in [1.82, 2.24) is 15.2 Å². The van der Waals surface area contributed by atoms with Gasteiger partial charge in [-0.05, 0) is 52.7 Å². The maximum absolute atomic E-state index is 13.2. The van der Waals surface area contributed by atoms with E-state index in [1.54, 1.807) is 12.3 Å². The van der Waals surface area contributed by atoms with E-state index in [4.69, 9.17) is 0 Å². The quantitative estimate of drug-likeness (QED) is 0.759. The van der Waals surface area contributed by atoms with Crippen molar-refractivity contribution in [2.24, 2.45) is 0 Å². The van der Waals surface area contributed by atoms with Gasteiger partial charge in [-0.1, -0.05) is 19.3 Å². The summed E-state index contributed by atoms with van der Waals surface area (Å²) in [6.45, 7) is 11.2. The largest absolute Gasteiger partial charge is 0.357 e. The first-order valence-electron chi connectivity index (χ1n) is 10.3. The topological polar surface area (TPSA) is 65.5 Å². The van der Waals surface area contributed by atoms with Crippen LogP contribution in [-0.4, -0.2) is 53.4 Å².